The van der Waals surface area contributed by atoms with Gasteiger partial charge in [-0.25, -0.2) is 0 Å². The summed E-state index contributed by atoms with van der Waals surface area (Å²) in [6.07, 6.45) is -2.32. The van der Waals surface area contributed by atoms with E-state index in [9.17, 15) is 23.2 Å². The second kappa shape index (κ2) is 9.61. The van der Waals surface area contributed by atoms with E-state index >= 15 is 0 Å². The first-order valence-corrected chi connectivity index (χ1v) is 9.50. The number of anilines is 1. The van der Waals surface area contributed by atoms with Gasteiger partial charge in [0, 0.05) is 5.69 Å². The Morgan fingerprint density at radius 2 is 2.03 bits per heavy atom. The average Bonchev–Trinajstić information content (AvgIpc) is 2.67. The molecular formula is C21H18BrF3N2O2. The van der Waals surface area contributed by atoms with E-state index in [-0.39, 0.29) is 17.4 Å². The molecule has 29 heavy (non-hydrogen) atoms. The maximum atomic E-state index is 12.8. The van der Waals surface area contributed by atoms with E-state index in [1.807, 2.05) is 13.8 Å². The van der Waals surface area contributed by atoms with Gasteiger partial charge in [-0.3, -0.25) is 4.79 Å². The van der Waals surface area contributed by atoms with Crippen molar-refractivity contribution in [3.8, 4) is 11.8 Å². The van der Waals surface area contributed by atoms with Crippen LogP contribution in [0.3, 0.4) is 0 Å². The number of nitrogens with one attached hydrogen (secondary N) is 1. The lowest BCUT2D eigenvalue weighted by atomic mass is 10.1. The van der Waals surface area contributed by atoms with Gasteiger partial charge in [-0.05, 0) is 71.2 Å². The van der Waals surface area contributed by atoms with E-state index in [4.69, 9.17) is 4.74 Å². The lowest BCUT2D eigenvalue weighted by molar-refractivity contribution is -0.137. The number of rotatable bonds is 6. The third-order valence-corrected chi connectivity index (χ3v) is 4.60. The highest BCUT2D eigenvalue weighted by Crippen LogP contribution is 2.31. The molecule has 2 aromatic carbocycles. The molecule has 0 aliphatic heterocycles. The number of nitriles is 1. The molecule has 0 saturated carbocycles. The smallest absolute Gasteiger partial charge is 0.416 e. The van der Waals surface area contributed by atoms with Gasteiger partial charge in [0.05, 0.1) is 16.1 Å². The Bertz CT molecular complexity index is 965. The molecule has 0 saturated heterocycles. The largest absolute Gasteiger partial charge is 0.490 e. The summed E-state index contributed by atoms with van der Waals surface area (Å²) in [4.78, 5) is 12.3. The van der Waals surface area contributed by atoms with Gasteiger partial charge in [0.15, 0.2) is 0 Å². The Hall–Kier alpha value is -2.79. The molecule has 1 amide bonds. The van der Waals surface area contributed by atoms with Crippen molar-refractivity contribution in [3.05, 3.63) is 63.6 Å². The first-order valence-electron chi connectivity index (χ1n) is 8.70. The van der Waals surface area contributed by atoms with Crippen LogP contribution in [-0.2, 0) is 11.0 Å². The second-order valence-corrected chi connectivity index (χ2v) is 7.08. The number of hydrogen-bond donors (Lipinski definition) is 1. The van der Waals surface area contributed by atoms with E-state index in [0.717, 1.165) is 18.6 Å². The Balaban J connectivity index is 2.20. The Morgan fingerprint density at radius 1 is 1.31 bits per heavy atom. The van der Waals surface area contributed by atoms with E-state index in [1.165, 1.54) is 18.2 Å². The number of carbonyl (C=O) groups is 1. The molecule has 4 nitrogen and oxygen atoms in total. The first kappa shape index (κ1) is 22.5. The number of carbonyl (C=O) groups excluding carboxylic acids is 1. The van der Waals surface area contributed by atoms with Gasteiger partial charge < -0.3 is 10.1 Å². The molecule has 0 aliphatic carbocycles. The lowest BCUT2D eigenvalue weighted by Gasteiger charge is -2.14. The quantitative estimate of drug-likeness (QED) is 0.407. The molecular weight excluding hydrogens is 449 g/mol. The highest BCUT2D eigenvalue weighted by Gasteiger charge is 2.30. The van der Waals surface area contributed by atoms with Crippen molar-refractivity contribution in [1.29, 1.82) is 5.26 Å². The summed E-state index contributed by atoms with van der Waals surface area (Å²) in [6, 6.07) is 11.1. The molecule has 0 aromatic heterocycles. The van der Waals surface area contributed by atoms with E-state index in [1.54, 1.807) is 24.3 Å². The topological polar surface area (TPSA) is 62.1 Å². The predicted molar refractivity (Wildman–Crippen MR) is 108 cm³/mol. The van der Waals surface area contributed by atoms with Crippen LogP contribution >= 0.6 is 15.9 Å². The van der Waals surface area contributed by atoms with Crippen LogP contribution in [0.2, 0.25) is 0 Å². The van der Waals surface area contributed by atoms with E-state index < -0.39 is 17.6 Å². The number of halogens is 4. The highest BCUT2D eigenvalue weighted by atomic mass is 79.9. The molecule has 2 aromatic rings. The SMILES string of the molecule is CC[C@@H](C)Oc1ccc(/C=C(/C#N)C(=O)Nc2cccc(C(F)(F)F)c2)cc1Br. The summed E-state index contributed by atoms with van der Waals surface area (Å²) < 4.78 is 44.8. The fraction of sp³-hybridized carbons (Fsp3) is 0.238. The van der Waals surface area contributed by atoms with Crippen molar-refractivity contribution in [1.82, 2.24) is 0 Å². The van der Waals surface area contributed by atoms with Crippen molar-refractivity contribution < 1.29 is 22.7 Å². The predicted octanol–water partition coefficient (Wildman–Crippen LogP) is 6.19. The van der Waals surface area contributed by atoms with Crippen LogP contribution in [-0.4, -0.2) is 12.0 Å². The molecule has 0 unspecified atom stereocenters. The van der Waals surface area contributed by atoms with Gasteiger partial charge in [-0.2, -0.15) is 18.4 Å². The van der Waals surface area contributed by atoms with Crippen LogP contribution in [0.15, 0.2) is 52.5 Å². The Morgan fingerprint density at radius 3 is 2.62 bits per heavy atom. The van der Waals surface area contributed by atoms with Crippen molar-refractivity contribution in [2.24, 2.45) is 0 Å². The average molecular weight is 467 g/mol. The zero-order chi connectivity index (χ0) is 21.6. The summed E-state index contributed by atoms with van der Waals surface area (Å²) >= 11 is 3.39. The summed E-state index contributed by atoms with van der Waals surface area (Å²) in [5, 5.41) is 11.6. The zero-order valence-electron chi connectivity index (χ0n) is 15.7. The van der Waals surface area contributed by atoms with Crippen LogP contribution < -0.4 is 10.1 Å². The van der Waals surface area contributed by atoms with Gasteiger partial charge >= 0.3 is 6.18 Å². The van der Waals surface area contributed by atoms with Crippen LogP contribution in [0.1, 0.15) is 31.4 Å². The van der Waals surface area contributed by atoms with Gasteiger partial charge in [0.2, 0.25) is 0 Å². The lowest BCUT2D eigenvalue weighted by Crippen LogP contribution is -2.14. The molecule has 0 aliphatic rings. The summed E-state index contributed by atoms with van der Waals surface area (Å²) in [5.41, 5.74) is -0.628. The maximum Gasteiger partial charge on any atom is 0.416 e. The maximum absolute atomic E-state index is 12.8. The van der Waals surface area contributed by atoms with Crippen LogP contribution in [0.5, 0.6) is 5.75 Å². The fourth-order valence-electron chi connectivity index (χ4n) is 2.29. The first-order chi connectivity index (χ1) is 13.6. The normalized spacial score (nSPS) is 12.8. The molecule has 1 atom stereocenters. The highest BCUT2D eigenvalue weighted by molar-refractivity contribution is 9.10. The van der Waals surface area contributed by atoms with Crippen LogP contribution in [0, 0.1) is 11.3 Å². The second-order valence-electron chi connectivity index (χ2n) is 6.23. The monoisotopic (exact) mass is 466 g/mol. The molecule has 0 bridgehead atoms. The number of hydrogen-bond acceptors (Lipinski definition) is 3. The van der Waals surface area contributed by atoms with Gasteiger partial charge in [0.1, 0.15) is 17.4 Å². The third-order valence-electron chi connectivity index (χ3n) is 3.98. The Labute approximate surface area is 175 Å². The van der Waals surface area contributed by atoms with Crippen LogP contribution in [0.4, 0.5) is 18.9 Å². The molecule has 0 spiro atoms. The summed E-state index contributed by atoms with van der Waals surface area (Å²) in [6.45, 7) is 3.93. The number of alkyl halides is 3. The number of amides is 1. The van der Waals surface area contributed by atoms with Crippen molar-refractivity contribution >= 4 is 33.6 Å². The molecule has 1 N–H and O–H groups in total. The molecule has 0 fully saturated rings. The number of nitrogens with zero attached hydrogens (tertiary/aromatic N) is 1. The van der Waals surface area contributed by atoms with Crippen LogP contribution in [0.25, 0.3) is 6.08 Å². The molecule has 2 rings (SSSR count). The number of ether oxygens (including phenoxy) is 1. The number of benzene rings is 2. The van der Waals surface area contributed by atoms with E-state index in [2.05, 4.69) is 21.2 Å². The third kappa shape index (κ3) is 6.36. The van der Waals surface area contributed by atoms with Gasteiger partial charge in [-0.1, -0.05) is 19.1 Å². The van der Waals surface area contributed by atoms with Gasteiger partial charge in [-0.15, -0.1) is 0 Å². The molecule has 0 radical (unpaired) electrons. The molecule has 0 heterocycles. The minimum Gasteiger partial charge on any atom is -0.490 e. The standard InChI is InChI=1S/C21H18BrF3N2O2/c1-3-13(2)29-19-8-7-14(10-18(19)22)9-15(12-26)20(28)27-17-6-4-5-16(11-17)21(23,24)25/h4-11,13H,3H2,1-2H3,(H,27,28)/b15-9-/t13-/m1/s1. The fourth-order valence-corrected chi connectivity index (χ4v) is 2.78. The van der Waals surface area contributed by atoms with Gasteiger partial charge in [0.25, 0.3) is 5.91 Å². The zero-order valence-corrected chi connectivity index (χ0v) is 17.3. The molecule has 8 heteroatoms. The van der Waals surface area contributed by atoms with Crippen molar-refractivity contribution in [2.45, 2.75) is 32.5 Å². The van der Waals surface area contributed by atoms with E-state index in [0.29, 0.717) is 15.8 Å². The Kier molecular flexibility index (Phi) is 7.46. The minimum atomic E-state index is -4.53. The van der Waals surface area contributed by atoms with Crippen molar-refractivity contribution in [2.75, 3.05) is 5.32 Å². The van der Waals surface area contributed by atoms with Crippen molar-refractivity contribution in [3.63, 3.8) is 0 Å². The minimum absolute atomic E-state index is 0.0283. The molecule has 152 valence electrons. The summed E-state index contributed by atoms with van der Waals surface area (Å²) in [5.74, 6) is -0.175. The summed E-state index contributed by atoms with van der Waals surface area (Å²) in [7, 11) is 0.